The summed E-state index contributed by atoms with van der Waals surface area (Å²) in [4.78, 5) is 4.55. The molecule has 1 aromatic carbocycles. The van der Waals surface area contributed by atoms with E-state index in [2.05, 4.69) is 22.5 Å². The maximum atomic E-state index is 6.17. The molecule has 21 heavy (non-hydrogen) atoms. The Morgan fingerprint density at radius 2 is 2.19 bits per heavy atom. The summed E-state index contributed by atoms with van der Waals surface area (Å²) >= 11 is 0. The van der Waals surface area contributed by atoms with Crippen LogP contribution < -0.4 is 10.5 Å². The highest BCUT2D eigenvalue weighted by Gasteiger charge is 2.25. The van der Waals surface area contributed by atoms with Gasteiger partial charge in [-0.3, -0.25) is 0 Å². The summed E-state index contributed by atoms with van der Waals surface area (Å²) in [5.74, 6) is 2.91. The van der Waals surface area contributed by atoms with Crippen molar-refractivity contribution in [3.8, 4) is 5.75 Å². The Bertz CT molecular complexity index is 632. The zero-order valence-corrected chi connectivity index (χ0v) is 13.2. The SMILES string of the molecule is CC(C)Oc1cccc2c1nc(N)n2CC1CCCC1C. The van der Waals surface area contributed by atoms with Gasteiger partial charge in [0, 0.05) is 6.54 Å². The first kappa shape index (κ1) is 14.2. The molecule has 1 fully saturated rings. The summed E-state index contributed by atoms with van der Waals surface area (Å²) < 4.78 is 8.02. The predicted octanol–water partition coefficient (Wildman–Crippen LogP) is 3.84. The van der Waals surface area contributed by atoms with Gasteiger partial charge in [-0.05, 0) is 44.2 Å². The van der Waals surface area contributed by atoms with Crippen LogP contribution in [0.2, 0.25) is 0 Å². The molecule has 114 valence electrons. The van der Waals surface area contributed by atoms with Gasteiger partial charge in [-0.15, -0.1) is 0 Å². The summed E-state index contributed by atoms with van der Waals surface area (Å²) in [7, 11) is 0. The van der Waals surface area contributed by atoms with Gasteiger partial charge in [0.25, 0.3) is 0 Å². The number of hydrogen-bond donors (Lipinski definition) is 1. The third-order valence-corrected chi connectivity index (χ3v) is 4.59. The molecule has 2 atom stereocenters. The van der Waals surface area contributed by atoms with Gasteiger partial charge in [0.1, 0.15) is 11.3 Å². The third kappa shape index (κ3) is 2.71. The van der Waals surface area contributed by atoms with Crippen molar-refractivity contribution in [2.75, 3.05) is 5.73 Å². The summed E-state index contributed by atoms with van der Waals surface area (Å²) in [6.07, 6.45) is 4.10. The number of nitrogen functional groups attached to an aromatic ring is 1. The van der Waals surface area contributed by atoms with E-state index in [1.807, 2.05) is 26.0 Å². The van der Waals surface area contributed by atoms with Gasteiger partial charge < -0.3 is 15.0 Å². The van der Waals surface area contributed by atoms with Crippen LogP contribution in [0.3, 0.4) is 0 Å². The van der Waals surface area contributed by atoms with Crippen LogP contribution in [0.15, 0.2) is 18.2 Å². The Morgan fingerprint density at radius 3 is 2.86 bits per heavy atom. The summed E-state index contributed by atoms with van der Waals surface area (Å²) in [6.45, 7) is 7.37. The van der Waals surface area contributed by atoms with Gasteiger partial charge in [0.2, 0.25) is 5.95 Å². The van der Waals surface area contributed by atoms with Gasteiger partial charge >= 0.3 is 0 Å². The Labute approximate surface area is 126 Å². The maximum absolute atomic E-state index is 6.17. The topological polar surface area (TPSA) is 53.1 Å². The van der Waals surface area contributed by atoms with Crippen molar-refractivity contribution in [3.63, 3.8) is 0 Å². The molecule has 0 aliphatic heterocycles. The summed E-state index contributed by atoms with van der Waals surface area (Å²) in [5.41, 5.74) is 8.14. The standard InChI is InChI=1S/C17H25N3O/c1-11(2)21-15-9-5-8-14-16(15)19-17(18)20(14)10-13-7-4-6-12(13)3/h5,8-9,11-13H,4,6-7,10H2,1-3H3,(H2,18,19). The number of rotatable bonds is 4. The number of hydrogen-bond acceptors (Lipinski definition) is 3. The Balaban J connectivity index is 1.97. The molecule has 1 aliphatic carbocycles. The number of para-hydroxylation sites is 1. The van der Waals surface area contributed by atoms with Crippen molar-refractivity contribution >= 4 is 17.0 Å². The maximum Gasteiger partial charge on any atom is 0.201 e. The fraction of sp³-hybridized carbons (Fsp3) is 0.588. The second-order valence-corrected chi connectivity index (χ2v) is 6.54. The minimum absolute atomic E-state index is 0.136. The van der Waals surface area contributed by atoms with Crippen molar-refractivity contribution < 1.29 is 4.74 Å². The zero-order chi connectivity index (χ0) is 15.0. The van der Waals surface area contributed by atoms with Crippen LogP contribution >= 0.6 is 0 Å². The highest BCUT2D eigenvalue weighted by atomic mass is 16.5. The molecular formula is C17H25N3O. The van der Waals surface area contributed by atoms with Crippen LogP contribution in [0.1, 0.15) is 40.0 Å². The van der Waals surface area contributed by atoms with Crippen molar-refractivity contribution in [2.45, 2.75) is 52.7 Å². The van der Waals surface area contributed by atoms with Crippen LogP contribution in [-0.2, 0) is 6.54 Å². The second kappa shape index (κ2) is 5.58. The van der Waals surface area contributed by atoms with E-state index in [9.17, 15) is 0 Å². The summed E-state index contributed by atoms with van der Waals surface area (Å²) in [5, 5.41) is 0. The van der Waals surface area contributed by atoms with E-state index in [0.717, 1.165) is 29.2 Å². The van der Waals surface area contributed by atoms with E-state index in [-0.39, 0.29) is 6.10 Å². The molecule has 0 bridgehead atoms. The van der Waals surface area contributed by atoms with E-state index in [0.29, 0.717) is 11.9 Å². The molecule has 1 saturated carbocycles. The molecule has 0 radical (unpaired) electrons. The minimum Gasteiger partial charge on any atom is -0.489 e. The first-order chi connectivity index (χ1) is 10.1. The van der Waals surface area contributed by atoms with Gasteiger partial charge in [-0.25, -0.2) is 4.98 Å². The lowest BCUT2D eigenvalue weighted by Crippen LogP contribution is -2.14. The molecule has 1 aromatic heterocycles. The number of nitrogens with two attached hydrogens (primary N) is 1. The largest absolute Gasteiger partial charge is 0.489 e. The predicted molar refractivity (Wildman–Crippen MR) is 86.4 cm³/mol. The molecule has 0 saturated heterocycles. The van der Waals surface area contributed by atoms with Gasteiger partial charge in [-0.1, -0.05) is 25.8 Å². The van der Waals surface area contributed by atoms with E-state index in [4.69, 9.17) is 10.5 Å². The number of imidazole rings is 1. The van der Waals surface area contributed by atoms with Crippen molar-refractivity contribution in [2.24, 2.45) is 11.8 Å². The Morgan fingerprint density at radius 1 is 1.38 bits per heavy atom. The first-order valence-corrected chi connectivity index (χ1v) is 7.97. The van der Waals surface area contributed by atoms with E-state index in [1.54, 1.807) is 0 Å². The van der Waals surface area contributed by atoms with Gasteiger partial charge in [0.05, 0.1) is 11.6 Å². The average molecular weight is 287 g/mol. The number of anilines is 1. The van der Waals surface area contributed by atoms with Crippen LogP contribution in [0.25, 0.3) is 11.0 Å². The normalized spacial score (nSPS) is 22.3. The lowest BCUT2D eigenvalue weighted by molar-refractivity contribution is 0.245. The number of aromatic nitrogens is 2. The Hall–Kier alpha value is -1.71. The Kier molecular flexibility index (Phi) is 3.79. The highest BCUT2D eigenvalue weighted by Crippen LogP contribution is 2.35. The first-order valence-electron chi connectivity index (χ1n) is 7.97. The van der Waals surface area contributed by atoms with Crippen LogP contribution in [0, 0.1) is 11.8 Å². The smallest absolute Gasteiger partial charge is 0.201 e. The van der Waals surface area contributed by atoms with E-state index >= 15 is 0 Å². The van der Waals surface area contributed by atoms with Gasteiger partial charge in [0.15, 0.2) is 0 Å². The van der Waals surface area contributed by atoms with Crippen molar-refractivity contribution in [1.29, 1.82) is 0 Å². The quantitative estimate of drug-likeness (QED) is 0.929. The van der Waals surface area contributed by atoms with Crippen molar-refractivity contribution in [3.05, 3.63) is 18.2 Å². The monoisotopic (exact) mass is 287 g/mol. The lowest BCUT2D eigenvalue weighted by atomic mass is 9.98. The molecule has 0 spiro atoms. The fourth-order valence-electron chi connectivity index (χ4n) is 3.41. The molecule has 4 nitrogen and oxygen atoms in total. The molecule has 2 N–H and O–H groups in total. The lowest BCUT2D eigenvalue weighted by Gasteiger charge is -2.17. The van der Waals surface area contributed by atoms with E-state index in [1.165, 1.54) is 19.3 Å². The number of fused-ring (bicyclic) bond motifs is 1. The average Bonchev–Trinajstić information content (AvgIpc) is 2.96. The van der Waals surface area contributed by atoms with Crippen LogP contribution in [0.4, 0.5) is 5.95 Å². The molecule has 1 aliphatic rings. The zero-order valence-electron chi connectivity index (χ0n) is 13.2. The molecule has 2 unspecified atom stereocenters. The highest BCUT2D eigenvalue weighted by molar-refractivity contribution is 5.84. The van der Waals surface area contributed by atoms with Crippen LogP contribution in [0.5, 0.6) is 5.75 Å². The fourth-order valence-corrected chi connectivity index (χ4v) is 3.41. The second-order valence-electron chi connectivity index (χ2n) is 6.54. The number of ether oxygens (including phenoxy) is 1. The third-order valence-electron chi connectivity index (χ3n) is 4.59. The molecule has 2 aromatic rings. The minimum atomic E-state index is 0.136. The molecule has 1 heterocycles. The van der Waals surface area contributed by atoms with Gasteiger partial charge in [-0.2, -0.15) is 0 Å². The molecule has 3 rings (SSSR count). The number of nitrogens with zero attached hydrogens (tertiary/aromatic N) is 2. The van der Waals surface area contributed by atoms with E-state index < -0.39 is 0 Å². The van der Waals surface area contributed by atoms with Crippen molar-refractivity contribution in [1.82, 2.24) is 9.55 Å². The molecule has 0 amide bonds. The number of benzene rings is 1. The summed E-state index contributed by atoms with van der Waals surface area (Å²) in [6, 6.07) is 6.08. The molecule has 4 heteroatoms. The van der Waals surface area contributed by atoms with Crippen LogP contribution in [-0.4, -0.2) is 15.7 Å². The molecular weight excluding hydrogens is 262 g/mol.